The van der Waals surface area contributed by atoms with Gasteiger partial charge in [0.1, 0.15) is 6.54 Å². The number of nitrogens with two attached hydrogens (primary N) is 1. The van der Waals surface area contributed by atoms with Crippen LogP contribution in [0.5, 0.6) is 0 Å². The van der Waals surface area contributed by atoms with Gasteiger partial charge in [0.15, 0.2) is 0 Å². The summed E-state index contributed by atoms with van der Waals surface area (Å²) in [6.07, 6.45) is 0. The van der Waals surface area contributed by atoms with Gasteiger partial charge in [0.25, 0.3) is 11.8 Å². The summed E-state index contributed by atoms with van der Waals surface area (Å²) in [4.78, 5) is 24.3. The topological polar surface area (TPSA) is 87.8 Å². The van der Waals surface area contributed by atoms with Gasteiger partial charge in [-0.15, -0.1) is 17.5 Å². The molecule has 1 heterocycles. The number of nitrogens with one attached hydrogen (secondary N) is 1. The van der Waals surface area contributed by atoms with Gasteiger partial charge in [0.05, 0.1) is 0 Å². The molecule has 0 saturated heterocycles. The molecule has 3 N–H and O–H groups in total. The number of guanidine groups is 1. The highest BCUT2D eigenvalue weighted by molar-refractivity contribution is 6.17. The van der Waals surface area contributed by atoms with Crippen molar-refractivity contribution in [3.8, 4) is 0 Å². The Labute approximate surface area is 104 Å². The van der Waals surface area contributed by atoms with E-state index >= 15 is 0 Å². The highest BCUT2D eigenvalue weighted by atomic mass is 35.5. The van der Waals surface area contributed by atoms with E-state index in [1.807, 2.05) is 0 Å². The molecule has 90 valence electrons. The maximum absolute atomic E-state index is 11.9. The SMILES string of the molecule is Cl.NC1=NNCC(=O)N1C(=O)c1ccccc1. The summed E-state index contributed by atoms with van der Waals surface area (Å²) < 4.78 is 0. The summed E-state index contributed by atoms with van der Waals surface area (Å²) in [5.41, 5.74) is 8.32. The largest absolute Gasteiger partial charge is 0.368 e. The second-order valence-electron chi connectivity index (χ2n) is 3.21. The van der Waals surface area contributed by atoms with Crippen molar-refractivity contribution in [3.63, 3.8) is 0 Å². The maximum atomic E-state index is 11.9. The van der Waals surface area contributed by atoms with Crippen molar-refractivity contribution in [3.05, 3.63) is 35.9 Å². The summed E-state index contributed by atoms with van der Waals surface area (Å²) in [7, 11) is 0. The van der Waals surface area contributed by atoms with Crippen LogP contribution in [0.25, 0.3) is 0 Å². The van der Waals surface area contributed by atoms with E-state index in [-0.39, 0.29) is 24.9 Å². The lowest BCUT2D eigenvalue weighted by Crippen LogP contribution is -2.53. The first-order valence-corrected chi connectivity index (χ1v) is 4.68. The zero-order chi connectivity index (χ0) is 11.5. The number of carbonyl (C=O) groups excluding carboxylic acids is 2. The zero-order valence-electron chi connectivity index (χ0n) is 8.79. The number of hydrazone groups is 1. The molecule has 0 radical (unpaired) electrons. The minimum absolute atomic E-state index is 0. The first-order valence-electron chi connectivity index (χ1n) is 4.68. The third-order valence-electron chi connectivity index (χ3n) is 2.13. The zero-order valence-corrected chi connectivity index (χ0v) is 9.61. The van der Waals surface area contributed by atoms with E-state index in [2.05, 4.69) is 10.5 Å². The van der Waals surface area contributed by atoms with E-state index < -0.39 is 11.8 Å². The average molecular weight is 255 g/mol. The van der Waals surface area contributed by atoms with E-state index in [1.54, 1.807) is 30.3 Å². The molecule has 1 aromatic rings. The van der Waals surface area contributed by atoms with Gasteiger partial charge in [-0.1, -0.05) is 18.2 Å². The first kappa shape index (κ1) is 13.0. The van der Waals surface area contributed by atoms with Crippen LogP contribution in [-0.4, -0.2) is 29.2 Å². The van der Waals surface area contributed by atoms with Crippen LogP contribution in [0.3, 0.4) is 0 Å². The predicted molar refractivity (Wildman–Crippen MR) is 64.5 cm³/mol. The van der Waals surface area contributed by atoms with Crippen molar-refractivity contribution < 1.29 is 9.59 Å². The summed E-state index contributed by atoms with van der Waals surface area (Å²) in [6, 6.07) is 8.45. The second-order valence-corrected chi connectivity index (χ2v) is 3.21. The summed E-state index contributed by atoms with van der Waals surface area (Å²) in [5, 5.41) is 3.64. The third-order valence-corrected chi connectivity index (χ3v) is 2.13. The molecule has 2 amide bonds. The van der Waals surface area contributed by atoms with E-state index in [9.17, 15) is 9.59 Å². The molecule has 0 unspecified atom stereocenters. The Morgan fingerprint density at radius 3 is 2.59 bits per heavy atom. The number of amides is 2. The lowest BCUT2D eigenvalue weighted by atomic mass is 10.2. The fourth-order valence-corrected chi connectivity index (χ4v) is 1.37. The molecule has 1 aromatic carbocycles. The number of benzene rings is 1. The van der Waals surface area contributed by atoms with E-state index in [4.69, 9.17) is 5.73 Å². The Bertz CT molecular complexity index is 461. The quantitative estimate of drug-likeness (QED) is 0.686. The van der Waals surface area contributed by atoms with Gasteiger partial charge < -0.3 is 5.73 Å². The van der Waals surface area contributed by atoms with Gasteiger partial charge in [-0.05, 0) is 12.1 Å². The number of halogens is 1. The van der Waals surface area contributed by atoms with Crippen molar-refractivity contribution in [2.75, 3.05) is 6.54 Å². The highest BCUT2D eigenvalue weighted by Crippen LogP contribution is 2.06. The second kappa shape index (κ2) is 5.31. The smallest absolute Gasteiger partial charge is 0.267 e. The highest BCUT2D eigenvalue weighted by Gasteiger charge is 2.28. The number of imide groups is 1. The van der Waals surface area contributed by atoms with Gasteiger partial charge >= 0.3 is 0 Å². The summed E-state index contributed by atoms with van der Waals surface area (Å²) in [5.74, 6) is -1.01. The van der Waals surface area contributed by atoms with Crippen LogP contribution >= 0.6 is 12.4 Å². The van der Waals surface area contributed by atoms with E-state index in [0.717, 1.165) is 4.90 Å². The Morgan fingerprint density at radius 2 is 2.00 bits per heavy atom. The number of nitrogens with zero attached hydrogens (tertiary/aromatic N) is 2. The van der Waals surface area contributed by atoms with Gasteiger partial charge in [-0.3, -0.25) is 15.0 Å². The molecule has 0 saturated carbocycles. The molecule has 7 heteroatoms. The Hall–Kier alpha value is -2.08. The predicted octanol–water partition coefficient (Wildman–Crippen LogP) is -0.0899. The van der Waals surface area contributed by atoms with Crippen LogP contribution in [0.4, 0.5) is 0 Å². The van der Waals surface area contributed by atoms with Crippen molar-refractivity contribution in [2.45, 2.75) is 0 Å². The van der Waals surface area contributed by atoms with Crippen LogP contribution < -0.4 is 11.2 Å². The lowest BCUT2D eigenvalue weighted by molar-refractivity contribution is -0.125. The van der Waals surface area contributed by atoms with Gasteiger partial charge in [0, 0.05) is 5.56 Å². The summed E-state index contributed by atoms with van der Waals surface area (Å²) >= 11 is 0. The van der Waals surface area contributed by atoms with Crippen molar-refractivity contribution >= 4 is 30.2 Å². The molecule has 1 aliphatic heterocycles. The van der Waals surface area contributed by atoms with Crippen molar-refractivity contribution in [1.82, 2.24) is 10.3 Å². The Kier molecular flexibility index (Phi) is 4.06. The average Bonchev–Trinajstić information content (AvgIpc) is 2.30. The number of hydrogen-bond acceptors (Lipinski definition) is 5. The lowest BCUT2D eigenvalue weighted by Gasteiger charge is -2.23. The number of rotatable bonds is 1. The van der Waals surface area contributed by atoms with Gasteiger partial charge in [-0.2, -0.15) is 0 Å². The van der Waals surface area contributed by atoms with Crippen LogP contribution in [-0.2, 0) is 4.79 Å². The van der Waals surface area contributed by atoms with Crippen LogP contribution in [0.1, 0.15) is 10.4 Å². The van der Waals surface area contributed by atoms with Crippen LogP contribution in [0.15, 0.2) is 35.4 Å². The molecule has 0 bridgehead atoms. The molecule has 2 rings (SSSR count). The molecule has 17 heavy (non-hydrogen) atoms. The van der Waals surface area contributed by atoms with Crippen LogP contribution in [0.2, 0.25) is 0 Å². The molecule has 0 aromatic heterocycles. The van der Waals surface area contributed by atoms with E-state index in [1.165, 1.54) is 0 Å². The number of carbonyl (C=O) groups is 2. The molecule has 0 fully saturated rings. The molecule has 0 atom stereocenters. The fraction of sp³-hybridized carbons (Fsp3) is 0.100. The molecular formula is C10H11ClN4O2. The number of hydrogen-bond donors (Lipinski definition) is 2. The van der Waals surface area contributed by atoms with Crippen molar-refractivity contribution in [1.29, 1.82) is 0 Å². The van der Waals surface area contributed by atoms with Crippen LogP contribution in [0, 0.1) is 0 Å². The van der Waals surface area contributed by atoms with Gasteiger partial charge in [-0.25, -0.2) is 4.90 Å². The minimum Gasteiger partial charge on any atom is -0.368 e. The molecule has 0 spiro atoms. The molecular weight excluding hydrogens is 244 g/mol. The van der Waals surface area contributed by atoms with Gasteiger partial charge in [0.2, 0.25) is 5.96 Å². The van der Waals surface area contributed by atoms with Crippen molar-refractivity contribution in [2.24, 2.45) is 10.8 Å². The standard InChI is InChI=1S/C10H10N4O2.ClH/c11-10-13-12-6-8(15)14(10)9(16)7-4-2-1-3-5-7;/h1-5,12H,6H2,(H2,11,13);1H. The molecule has 6 nitrogen and oxygen atoms in total. The third kappa shape index (κ3) is 2.54. The fourth-order valence-electron chi connectivity index (χ4n) is 1.37. The minimum atomic E-state index is -0.464. The first-order chi connectivity index (χ1) is 7.70. The Morgan fingerprint density at radius 1 is 1.35 bits per heavy atom. The Balaban J connectivity index is 0.00000144. The monoisotopic (exact) mass is 254 g/mol. The van der Waals surface area contributed by atoms with E-state index in [0.29, 0.717) is 5.56 Å². The normalized spacial score (nSPS) is 14.5. The molecule has 1 aliphatic rings. The summed E-state index contributed by atoms with van der Waals surface area (Å²) in [6.45, 7) is -0.0285. The molecule has 0 aliphatic carbocycles. The maximum Gasteiger partial charge on any atom is 0.267 e.